The Labute approximate surface area is 168 Å². The molecule has 1 aliphatic heterocycles. The summed E-state index contributed by atoms with van der Waals surface area (Å²) in [7, 11) is -1.34. The van der Waals surface area contributed by atoms with Crippen molar-refractivity contribution >= 4 is 39.8 Å². The number of aryl methyl sites for hydroxylation is 1. The van der Waals surface area contributed by atoms with Gasteiger partial charge in [-0.1, -0.05) is 18.2 Å². The highest BCUT2D eigenvalue weighted by atomic mass is 127. The van der Waals surface area contributed by atoms with E-state index in [1.807, 2.05) is 36.1 Å². The van der Waals surface area contributed by atoms with Crippen molar-refractivity contribution in [1.82, 2.24) is 10.2 Å². The van der Waals surface area contributed by atoms with Gasteiger partial charge in [0.2, 0.25) is 0 Å². The molecule has 0 radical (unpaired) electrons. The number of nitrogens with one attached hydrogen (secondary N) is 1. The van der Waals surface area contributed by atoms with E-state index in [0.29, 0.717) is 32.2 Å². The molecule has 0 spiro atoms. The Kier molecular flexibility index (Phi) is 7.98. The van der Waals surface area contributed by atoms with Crippen LogP contribution in [-0.4, -0.2) is 63.1 Å². The Bertz CT molecular complexity index is 705. The zero-order chi connectivity index (χ0) is 17.8. The third-order valence-corrected chi connectivity index (χ3v) is 6.82. The van der Waals surface area contributed by atoms with E-state index in [2.05, 4.69) is 10.3 Å². The highest BCUT2D eigenvalue weighted by Gasteiger charge is 2.40. The predicted octanol–water partition coefficient (Wildman–Crippen LogP) is 2.08. The van der Waals surface area contributed by atoms with Crippen LogP contribution in [0.5, 0.6) is 5.75 Å². The number of halogens is 1. The van der Waals surface area contributed by atoms with Crippen molar-refractivity contribution in [3.8, 4) is 5.75 Å². The van der Waals surface area contributed by atoms with Crippen molar-refractivity contribution in [3.05, 3.63) is 29.8 Å². The maximum atomic E-state index is 12.1. The first-order valence-corrected chi connectivity index (χ1v) is 9.78. The molecule has 25 heavy (non-hydrogen) atoms. The first kappa shape index (κ1) is 22.0. The van der Waals surface area contributed by atoms with Crippen molar-refractivity contribution in [2.45, 2.75) is 25.5 Å². The molecule has 0 unspecified atom stereocenters. The molecule has 142 valence electrons. The van der Waals surface area contributed by atoms with Gasteiger partial charge < -0.3 is 15.0 Å². The molecule has 2 rings (SSSR count). The molecule has 0 atom stereocenters. The third kappa shape index (κ3) is 5.47. The second kappa shape index (κ2) is 9.07. The number of para-hydroxylation sites is 1. The van der Waals surface area contributed by atoms with Gasteiger partial charge in [-0.05, 0) is 32.4 Å². The van der Waals surface area contributed by atoms with Crippen molar-refractivity contribution in [2.75, 3.05) is 39.0 Å². The number of benzene rings is 1. The second-order valence-corrected chi connectivity index (χ2v) is 9.33. The smallest absolute Gasteiger partial charge is 0.193 e. The zero-order valence-electron chi connectivity index (χ0n) is 15.3. The monoisotopic (exact) mass is 481 g/mol. The normalized spacial score (nSPS) is 19.0. The molecule has 0 bridgehead atoms. The minimum atomic E-state index is -3.05. The lowest BCUT2D eigenvalue weighted by atomic mass is 10.2. The first-order chi connectivity index (χ1) is 11.3. The largest absolute Gasteiger partial charge is 0.491 e. The highest BCUT2D eigenvalue weighted by Crippen LogP contribution is 2.23. The van der Waals surface area contributed by atoms with E-state index >= 15 is 0 Å². The SMILES string of the molecule is CN=C(NCCOc1ccccc1C)N1CCS(=O)(=O)C(C)(C)C1.I. The number of guanidine groups is 1. The van der Waals surface area contributed by atoms with Gasteiger partial charge >= 0.3 is 0 Å². The van der Waals surface area contributed by atoms with E-state index in [1.165, 1.54) is 0 Å². The second-order valence-electron chi connectivity index (χ2n) is 6.59. The summed E-state index contributed by atoms with van der Waals surface area (Å²) < 4.78 is 29.2. The zero-order valence-corrected chi connectivity index (χ0v) is 18.4. The summed E-state index contributed by atoms with van der Waals surface area (Å²) in [4.78, 5) is 6.26. The standard InChI is InChI=1S/C17H27N3O3S.HI/c1-14-7-5-6-8-15(14)23-11-9-19-16(18-4)20-10-12-24(21,22)17(2,3)13-20;/h5-8H,9-13H2,1-4H3,(H,18,19);1H. The molecule has 1 N–H and O–H groups in total. The number of sulfone groups is 1. The molecule has 0 saturated carbocycles. The van der Waals surface area contributed by atoms with Crippen molar-refractivity contribution in [2.24, 2.45) is 4.99 Å². The molecule has 1 aliphatic rings. The number of rotatable bonds is 4. The molecule has 1 heterocycles. The number of nitrogens with zero attached hydrogens (tertiary/aromatic N) is 2. The van der Waals surface area contributed by atoms with Gasteiger partial charge in [-0.3, -0.25) is 4.99 Å². The molecule has 6 nitrogen and oxygen atoms in total. The summed E-state index contributed by atoms with van der Waals surface area (Å²) in [5, 5.41) is 3.25. The molecule has 1 aromatic carbocycles. The van der Waals surface area contributed by atoms with Crippen LogP contribution in [0.4, 0.5) is 0 Å². The van der Waals surface area contributed by atoms with Crippen molar-refractivity contribution in [1.29, 1.82) is 0 Å². The van der Waals surface area contributed by atoms with E-state index < -0.39 is 14.6 Å². The van der Waals surface area contributed by atoms with Crippen molar-refractivity contribution in [3.63, 3.8) is 0 Å². The molecule has 0 amide bonds. The van der Waals surface area contributed by atoms with Gasteiger partial charge in [0.25, 0.3) is 0 Å². The topological polar surface area (TPSA) is 71.0 Å². The fourth-order valence-electron chi connectivity index (χ4n) is 2.70. The van der Waals surface area contributed by atoms with Gasteiger partial charge in [-0.2, -0.15) is 0 Å². The van der Waals surface area contributed by atoms with E-state index in [0.717, 1.165) is 11.3 Å². The number of hydrogen-bond acceptors (Lipinski definition) is 4. The molecular formula is C17H28IN3O3S. The van der Waals surface area contributed by atoms with Gasteiger partial charge in [0.1, 0.15) is 12.4 Å². The van der Waals surface area contributed by atoms with Gasteiger partial charge in [0, 0.05) is 20.1 Å². The molecule has 1 saturated heterocycles. The highest BCUT2D eigenvalue weighted by molar-refractivity contribution is 14.0. The Morgan fingerprint density at radius 2 is 2.04 bits per heavy atom. The van der Waals surface area contributed by atoms with Crippen LogP contribution in [0.2, 0.25) is 0 Å². The predicted molar refractivity (Wildman–Crippen MR) is 113 cm³/mol. The fourth-order valence-corrected chi connectivity index (χ4v) is 4.06. The maximum absolute atomic E-state index is 12.1. The number of hydrogen-bond donors (Lipinski definition) is 1. The number of aliphatic imine (C=N–C) groups is 1. The Morgan fingerprint density at radius 1 is 1.36 bits per heavy atom. The summed E-state index contributed by atoms with van der Waals surface area (Å²) in [6.45, 7) is 7.56. The first-order valence-electron chi connectivity index (χ1n) is 8.13. The fraction of sp³-hybridized carbons (Fsp3) is 0.588. The quantitative estimate of drug-likeness (QED) is 0.309. The maximum Gasteiger partial charge on any atom is 0.193 e. The Morgan fingerprint density at radius 3 is 2.64 bits per heavy atom. The lowest BCUT2D eigenvalue weighted by Gasteiger charge is -2.39. The van der Waals surface area contributed by atoms with Gasteiger partial charge in [-0.25, -0.2) is 8.42 Å². The number of ether oxygens (including phenoxy) is 1. The van der Waals surface area contributed by atoms with Crippen LogP contribution in [0, 0.1) is 6.92 Å². The minimum Gasteiger partial charge on any atom is -0.491 e. The van der Waals surface area contributed by atoms with Crippen LogP contribution in [0.1, 0.15) is 19.4 Å². The van der Waals surface area contributed by atoms with Crippen molar-refractivity contribution < 1.29 is 13.2 Å². The van der Waals surface area contributed by atoms with Gasteiger partial charge in [0.05, 0.1) is 17.0 Å². The summed E-state index contributed by atoms with van der Waals surface area (Å²) in [5.74, 6) is 1.74. The van der Waals surface area contributed by atoms with E-state index in [9.17, 15) is 8.42 Å². The van der Waals surface area contributed by atoms with Gasteiger partial charge in [0.15, 0.2) is 15.8 Å². The molecule has 0 aliphatic carbocycles. The lowest BCUT2D eigenvalue weighted by Crippen LogP contribution is -2.57. The van der Waals surface area contributed by atoms with Crippen LogP contribution >= 0.6 is 24.0 Å². The summed E-state index contributed by atoms with van der Waals surface area (Å²) in [5.41, 5.74) is 1.10. The van der Waals surface area contributed by atoms with E-state index in [4.69, 9.17) is 4.74 Å². The van der Waals surface area contributed by atoms with Crippen LogP contribution in [-0.2, 0) is 9.84 Å². The summed E-state index contributed by atoms with van der Waals surface area (Å²) in [6.07, 6.45) is 0. The minimum absolute atomic E-state index is 0. The molecule has 0 aromatic heterocycles. The average molecular weight is 481 g/mol. The van der Waals surface area contributed by atoms with E-state index in [1.54, 1.807) is 20.9 Å². The van der Waals surface area contributed by atoms with Gasteiger partial charge in [-0.15, -0.1) is 24.0 Å². The molecule has 1 aromatic rings. The van der Waals surface area contributed by atoms with Crippen LogP contribution in [0.25, 0.3) is 0 Å². The molecule has 8 heteroatoms. The van der Waals surface area contributed by atoms with Crippen LogP contribution in [0.15, 0.2) is 29.3 Å². The summed E-state index contributed by atoms with van der Waals surface area (Å²) in [6, 6.07) is 7.89. The Hall–Kier alpha value is -1.03. The molecular weight excluding hydrogens is 453 g/mol. The lowest BCUT2D eigenvalue weighted by molar-refractivity contribution is 0.311. The van der Waals surface area contributed by atoms with Crippen LogP contribution < -0.4 is 10.1 Å². The van der Waals surface area contributed by atoms with Crippen LogP contribution in [0.3, 0.4) is 0 Å². The summed E-state index contributed by atoms with van der Waals surface area (Å²) >= 11 is 0. The average Bonchev–Trinajstić information content (AvgIpc) is 2.52. The van der Waals surface area contributed by atoms with E-state index in [-0.39, 0.29) is 29.7 Å². The third-order valence-electron chi connectivity index (χ3n) is 4.29. The molecule has 1 fully saturated rings. The Balaban J connectivity index is 0.00000312.